The summed E-state index contributed by atoms with van der Waals surface area (Å²) in [5, 5.41) is 10.9. The predicted octanol–water partition coefficient (Wildman–Crippen LogP) is 4.18. The molecule has 0 aliphatic heterocycles. The summed E-state index contributed by atoms with van der Waals surface area (Å²) in [5.74, 6) is -0.530. The lowest BCUT2D eigenvalue weighted by Crippen LogP contribution is -2.14. The van der Waals surface area contributed by atoms with Crippen LogP contribution in [0.2, 0.25) is 5.02 Å². The molecule has 0 aliphatic carbocycles. The Morgan fingerprint density at radius 2 is 1.93 bits per heavy atom. The summed E-state index contributed by atoms with van der Waals surface area (Å²) in [7, 11) is 0. The Morgan fingerprint density at radius 1 is 1.19 bits per heavy atom. The fraction of sp³-hybridized carbons (Fsp3) is 0.263. The van der Waals surface area contributed by atoms with Crippen LogP contribution in [0.3, 0.4) is 0 Å². The van der Waals surface area contributed by atoms with Gasteiger partial charge < -0.3 is 10.6 Å². The van der Waals surface area contributed by atoms with Crippen molar-refractivity contribution in [1.82, 2.24) is 14.8 Å². The van der Waals surface area contributed by atoms with Crippen molar-refractivity contribution in [3.8, 4) is 0 Å². The number of amides is 2. The van der Waals surface area contributed by atoms with Crippen molar-refractivity contribution >= 4 is 45.8 Å². The fourth-order valence-electron chi connectivity index (χ4n) is 2.80. The van der Waals surface area contributed by atoms with Crippen molar-refractivity contribution < 1.29 is 9.59 Å². The SMILES string of the molecule is CC(=O)Nc1cc(NC(=O)c2cc(C)nc3c2cnn3C(C)C)ccc1Cl. The van der Waals surface area contributed by atoms with Crippen LogP contribution < -0.4 is 10.6 Å². The Morgan fingerprint density at radius 3 is 2.59 bits per heavy atom. The van der Waals surface area contributed by atoms with Crippen LogP contribution in [0.1, 0.15) is 42.9 Å². The summed E-state index contributed by atoms with van der Waals surface area (Å²) in [5.41, 5.74) is 2.84. The van der Waals surface area contributed by atoms with E-state index in [-0.39, 0.29) is 17.9 Å². The Hall–Kier alpha value is -2.93. The lowest BCUT2D eigenvalue weighted by atomic mass is 10.1. The van der Waals surface area contributed by atoms with Crippen LogP contribution in [0.5, 0.6) is 0 Å². The second-order valence-corrected chi connectivity index (χ2v) is 6.97. The standard InChI is InChI=1S/C19H20ClN5O2/c1-10(2)25-18-15(9-21-25)14(7-11(3)22-18)19(27)24-13-5-6-16(20)17(8-13)23-12(4)26/h5-10H,1-4H3,(H,23,26)(H,24,27). The van der Waals surface area contributed by atoms with Gasteiger partial charge in [-0.2, -0.15) is 5.10 Å². The summed E-state index contributed by atoms with van der Waals surface area (Å²) >= 11 is 6.08. The van der Waals surface area contributed by atoms with E-state index in [9.17, 15) is 9.59 Å². The minimum Gasteiger partial charge on any atom is -0.325 e. The molecular formula is C19H20ClN5O2. The van der Waals surface area contributed by atoms with Crippen LogP contribution in [0, 0.1) is 6.92 Å². The van der Waals surface area contributed by atoms with E-state index in [1.165, 1.54) is 6.92 Å². The number of rotatable bonds is 4. The fourth-order valence-corrected chi connectivity index (χ4v) is 2.96. The van der Waals surface area contributed by atoms with E-state index >= 15 is 0 Å². The Kier molecular flexibility index (Phi) is 5.14. The number of carbonyl (C=O) groups is 2. The molecule has 1 aromatic carbocycles. The summed E-state index contributed by atoms with van der Waals surface area (Å²) < 4.78 is 1.79. The van der Waals surface area contributed by atoms with Gasteiger partial charge in [0, 0.05) is 24.3 Å². The van der Waals surface area contributed by atoms with Crippen molar-refractivity contribution in [3.63, 3.8) is 0 Å². The third kappa shape index (κ3) is 3.93. The highest BCUT2D eigenvalue weighted by molar-refractivity contribution is 6.33. The first-order valence-electron chi connectivity index (χ1n) is 8.49. The summed E-state index contributed by atoms with van der Waals surface area (Å²) in [4.78, 5) is 28.7. The van der Waals surface area contributed by atoms with Crippen molar-refractivity contribution in [2.45, 2.75) is 33.7 Å². The van der Waals surface area contributed by atoms with Gasteiger partial charge in [-0.15, -0.1) is 0 Å². The average molecular weight is 386 g/mol. The van der Waals surface area contributed by atoms with E-state index in [2.05, 4.69) is 20.7 Å². The molecule has 3 aromatic rings. The van der Waals surface area contributed by atoms with Gasteiger partial charge in [0.1, 0.15) is 0 Å². The van der Waals surface area contributed by atoms with Gasteiger partial charge in [0.05, 0.1) is 27.9 Å². The minimum atomic E-state index is -0.287. The molecule has 2 aromatic heterocycles. The van der Waals surface area contributed by atoms with Crippen LogP contribution in [0.25, 0.3) is 11.0 Å². The Labute approximate surface area is 161 Å². The van der Waals surface area contributed by atoms with Crippen LogP contribution in [-0.4, -0.2) is 26.6 Å². The van der Waals surface area contributed by atoms with E-state index in [0.717, 1.165) is 5.69 Å². The van der Waals surface area contributed by atoms with Crippen LogP contribution in [-0.2, 0) is 4.79 Å². The van der Waals surface area contributed by atoms with Crippen molar-refractivity contribution in [2.75, 3.05) is 10.6 Å². The predicted molar refractivity (Wildman–Crippen MR) is 106 cm³/mol. The molecule has 0 aliphatic rings. The normalized spacial score (nSPS) is 11.0. The number of carbonyl (C=O) groups excluding carboxylic acids is 2. The second kappa shape index (κ2) is 7.36. The number of pyridine rings is 1. The maximum absolute atomic E-state index is 12.9. The highest BCUT2D eigenvalue weighted by atomic mass is 35.5. The second-order valence-electron chi connectivity index (χ2n) is 6.56. The highest BCUT2D eigenvalue weighted by Crippen LogP contribution is 2.27. The molecule has 7 nitrogen and oxygen atoms in total. The smallest absolute Gasteiger partial charge is 0.256 e. The molecule has 140 valence electrons. The monoisotopic (exact) mass is 385 g/mol. The molecule has 0 atom stereocenters. The first-order valence-corrected chi connectivity index (χ1v) is 8.87. The topological polar surface area (TPSA) is 88.9 Å². The number of halogens is 1. The van der Waals surface area contributed by atoms with E-state index in [0.29, 0.717) is 33.0 Å². The maximum Gasteiger partial charge on any atom is 0.256 e. The molecule has 0 bridgehead atoms. The van der Waals surface area contributed by atoms with Crippen LogP contribution >= 0.6 is 11.6 Å². The highest BCUT2D eigenvalue weighted by Gasteiger charge is 2.17. The molecule has 3 rings (SSSR count). The number of fused-ring (bicyclic) bond motifs is 1. The summed E-state index contributed by atoms with van der Waals surface area (Å²) in [6, 6.07) is 6.77. The van der Waals surface area contributed by atoms with Crippen LogP contribution in [0.4, 0.5) is 11.4 Å². The molecular weight excluding hydrogens is 366 g/mol. The van der Waals surface area contributed by atoms with Gasteiger partial charge >= 0.3 is 0 Å². The molecule has 2 heterocycles. The van der Waals surface area contributed by atoms with Crippen molar-refractivity contribution in [3.05, 3.63) is 46.7 Å². The minimum absolute atomic E-state index is 0.129. The molecule has 0 saturated heterocycles. The third-order valence-corrected chi connectivity index (χ3v) is 4.29. The van der Waals surface area contributed by atoms with E-state index in [1.807, 2.05) is 20.8 Å². The number of benzene rings is 1. The lowest BCUT2D eigenvalue weighted by Gasteiger charge is -2.11. The first-order chi connectivity index (χ1) is 12.8. The van der Waals surface area contributed by atoms with Gasteiger partial charge in [0.25, 0.3) is 5.91 Å². The average Bonchev–Trinajstić information content (AvgIpc) is 3.00. The third-order valence-electron chi connectivity index (χ3n) is 3.96. The molecule has 2 N–H and O–H groups in total. The van der Waals surface area contributed by atoms with Crippen LogP contribution in [0.15, 0.2) is 30.5 Å². The number of hydrogen-bond acceptors (Lipinski definition) is 4. The number of aromatic nitrogens is 3. The number of hydrogen-bond donors (Lipinski definition) is 2. The van der Waals surface area contributed by atoms with Crippen molar-refractivity contribution in [1.29, 1.82) is 0 Å². The molecule has 0 unspecified atom stereocenters. The zero-order valence-electron chi connectivity index (χ0n) is 15.5. The maximum atomic E-state index is 12.9. The number of nitrogens with zero attached hydrogens (tertiary/aromatic N) is 3. The molecule has 0 fully saturated rings. The molecule has 8 heteroatoms. The van der Waals surface area contributed by atoms with Gasteiger partial charge in [-0.25, -0.2) is 9.67 Å². The lowest BCUT2D eigenvalue weighted by molar-refractivity contribution is -0.114. The zero-order valence-corrected chi connectivity index (χ0v) is 16.3. The van der Waals surface area contributed by atoms with E-state index < -0.39 is 0 Å². The van der Waals surface area contributed by atoms with Gasteiger partial charge in [-0.05, 0) is 45.0 Å². The Balaban J connectivity index is 1.96. The quantitative estimate of drug-likeness (QED) is 0.704. The van der Waals surface area contributed by atoms with Gasteiger partial charge in [-0.3, -0.25) is 9.59 Å². The van der Waals surface area contributed by atoms with E-state index in [4.69, 9.17) is 11.6 Å². The molecule has 0 radical (unpaired) electrons. The first kappa shape index (κ1) is 18.8. The largest absolute Gasteiger partial charge is 0.325 e. The van der Waals surface area contributed by atoms with E-state index in [1.54, 1.807) is 35.1 Å². The van der Waals surface area contributed by atoms with Gasteiger partial charge in [0.15, 0.2) is 5.65 Å². The molecule has 0 spiro atoms. The van der Waals surface area contributed by atoms with Gasteiger partial charge in [0.2, 0.25) is 5.91 Å². The Bertz CT molecular complexity index is 1040. The summed E-state index contributed by atoms with van der Waals surface area (Å²) in [6.07, 6.45) is 1.65. The zero-order chi connectivity index (χ0) is 19.7. The number of anilines is 2. The molecule has 0 saturated carbocycles. The van der Waals surface area contributed by atoms with Gasteiger partial charge in [-0.1, -0.05) is 11.6 Å². The number of aryl methyl sites for hydroxylation is 1. The summed E-state index contributed by atoms with van der Waals surface area (Å²) in [6.45, 7) is 7.25. The number of nitrogens with one attached hydrogen (secondary N) is 2. The molecule has 2 amide bonds. The molecule has 27 heavy (non-hydrogen) atoms. The van der Waals surface area contributed by atoms with Crippen molar-refractivity contribution in [2.24, 2.45) is 0 Å².